The molecule has 0 unspecified atom stereocenters. The predicted octanol–water partition coefficient (Wildman–Crippen LogP) is 3.87. The number of nitrogens with one attached hydrogen (secondary N) is 1. The van der Waals surface area contributed by atoms with E-state index in [1.54, 1.807) is 23.5 Å². The number of sulfonamides is 1. The fourth-order valence-electron chi connectivity index (χ4n) is 2.94. The van der Waals surface area contributed by atoms with Crippen molar-refractivity contribution in [2.45, 2.75) is 4.90 Å². The van der Waals surface area contributed by atoms with Crippen LogP contribution in [0.1, 0.15) is 10.4 Å². The number of carbonyl (C=O) groups excluding carboxylic acids is 1. The molecule has 30 heavy (non-hydrogen) atoms. The van der Waals surface area contributed by atoms with Gasteiger partial charge < -0.3 is 10.1 Å². The lowest BCUT2D eigenvalue weighted by Gasteiger charge is -2.10. The number of amides is 1. The predicted molar refractivity (Wildman–Crippen MR) is 117 cm³/mol. The Bertz CT molecular complexity index is 1310. The molecule has 1 heterocycles. The summed E-state index contributed by atoms with van der Waals surface area (Å²) in [6.45, 7) is 0. The molecule has 0 radical (unpaired) electrons. The number of hydrogen-bond acceptors (Lipinski definition) is 6. The minimum Gasteiger partial charge on any atom is -0.495 e. The Balaban J connectivity index is 1.55. The number of nitrogens with zero attached hydrogens (tertiary/aromatic N) is 1. The normalized spacial score (nSPS) is 11.4. The number of para-hydroxylation sites is 1. The topological polar surface area (TPSA) is 111 Å². The summed E-state index contributed by atoms with van der Waals surface area (Å²) in [5, 5.41) is 8.85. The minimum absolute atomic E-state index is 0.0780. The van der Waals surface area contributed by atoms with Crippen LogP contribution in [0.15, 0.2) is 71.6 Å². The summed E-state index contributed by atoms with van der Waals surface area (Å²) in [7, 11) is -2.70. The summed E-state index contributed by atoms with van der Waals surface area (Å²) in [4.78, 5) is 16.9. The van der Waals surface area contributed by atoms with Gasteiger partial charge in [0.1, 0.15) is 15.7 Å². The van der Waals surface area contributed by atoms with Gasteiger partial charge in [-0.05, 0) is 54.6 Å². The molecule has 152 valence electrons. The molecule has 4 aromatic rings. The lowest BCUT2D eigenvalue weighted by atomic mass is 10.1. The van der Waals surface area contributed by atoms with Crippen LogP contribution in [-0.2, 0) is 10.0 Å². The quantitative estimate of drug-likeness (QED) is 0.490. The van der Waals surface area contributed by atoms with Crippen LogP contribution in [0, 0.1) is 0 Å². The van der Waals surface area contributed by atoms with Crippen molar-refractivity contribution in [1.29, 1.82) is 0 Å². The van der Waals surface area contributed by atoms with E-state index in [0.717, 1.165) is 20.8 Å². The number of nitrogens with two attached hydrogens (primary N) is 1. The summed E-state index contributed by atoms with van der Waals surface area (Å²) in [6, 6.07) is 19.3. The van der Waals surface area contributed by atoms with Gasteiger partial charge in [0.15, 0.2) is 0 Å². The van der Waals surface area contributed by atoms with Gasteiger partial charge in [0.2, 0.25) is 10.0 Å². The maximum absolute atomic E-state index is 12.6. The highest BCUT2D eigenvalue weighted by molar-refractivity contribution is 7.89. The number of ether oxygens (including phenoxy) is 1. The van der Waals surface area contributed by atoms with Gasteiger partial charge in [0, 0.05) is 16.8 Å². The summed E-state index contributed by atoms with van der Waals surface area (Å²) in [5.41, 5.74) is 2.60. The molecule has 3 N–H and O–H groups in total. The van der Waals surface area contributed by atoms with E-state index in [-0.39, 0.29) is 16.2 Å². The van der Waals surface area contributed by atoms with E-state index in [1.165, 1.54) is 25.3 Å². The number of methoxy groups -OCH3 is 1. The monoisotopic (exact) mass is 439 g/mol. The summed E-state index contributed by atoms with van der Waals surface area (Å²) in [5.74, 6) is -0.385. The van der Waals surface area contributed by atoms with E-state index in [1.807, 2.05) is 36.4 Å². The van der Waals surface area contributed by atoms with Gasteiger partial charge >= 0.3 is 0 Å². The second kappa shape index (κ2) is 7.86. The highest BCUT2D eigenvalue weighted by Crippen LogP contribution is 2.30. The van der Waals surface area contributed by atoms with E-state index >= 15 is 0 Å². The molecule has 7 nitrogen and oxygen atoms in total. The van der Waals surface area contributed by atoms with Gasteiger partial charge in [-0.15, -0.1) is 11.3 Å². The number of benzene rings is 3. The molecule has 0 saturated carbocycles. The van der Waals surface area contributed by atoms with Gasteiger partial charge in [0.05, 0.1) is 17.3 Å². The first-order valence-electron chi connectivity index (χ1n) is 8.83. The smallest absolute Gasteiger partial charge is 0.255 e. The summed E-state index contributed by atoms with van der Waals surface area (Å²) >= 11 is 1.60. The van der Waals surface area contributed by atoms with Crippen molar-refractivity contribution in [3.8, 4) is 16.3 Å². The van der Waals surface area contributed by atoms with Crippen LogP contribution in [0.2, 0.25) is 0 Å². The third-order valence-electron chi connectivity index (χ3n) is 4.42. The molecule has 4 rings (SSSR count). The van der Waals surface area contributed by atoms with Crippen LogP contribution in [0.5, 0.6) is 5.75 Å². The SMILES string of the molecule is COc1ccc(C(=O)Nc2ccc(-c3nc4ccccc4s3)cc2)cc1S(N)(=O)=O. The Morgan fingerprint density at radius 3 is 2.47 bits per heavy atom. The Hall–Kier alpha value is -3.27. The lowest BCUT2D eigenvalue weighted by Crippen LogP contribution is -2.16. The molecule has 0 aliphatic rings. The molecule has 3 aromatic carbocycles. The zero-order valence-corrected chi connectivity index (χ0v) is 17.5. The third-order valence-corrected chi connectivity index (χ3v) is 6.43. The molecule has 1 aromatic heterocycles. The first-order chi connectivity index (χ1) is 14.3. The Labute approximate surface area is 177 Å². The third kappa shape index (κ3) is 4.04. The first-order valence-corrected chi connectivity index (χ1v) is 11.2. The van der Waals surface area contributed by atoms with Crippen LogP contribution in [0.4, 0.5) is 5.69 Å². The number of hydrogen-bond donors (Lipinski definition) is 2. The van der Waals surface area contributed by atoms with Crippen LogP contribution in [0.3, 0.4) is 0 Å². The first kappa shape index (κ1) is 20.0. The molecule has 0 fully saturated rings. The van der Waals surface area contributed by atoms with Gasteiger partial charge in [-0.1, -0.05) is 12.1 Å². The van der Waals surface area contributed by atoms with Crippen molar-refractivity contribution in [2.75, 3.05) is 12.4 Å². The van der Waals surface area contributed by atoms with Crippen LogP contribution in [0.25, 0.3) is 20.8 Å². The highest BCUT2D eigenvalue weighted by Gasteiger charge is 2.18. The number of primary sulfonamides is 1. The maximum atomic E-state index is 12.6. The molecular weight excluding hydrogens is 422 g/mol. The zero-order chi connectivity index (χ0) is 21.3. The number of fused-ring (bicyclic) bond motifs is 1. The van der Waals surface area contributed by atoms with Crippen molar-refractivity contribution >= 4 is 43.2 Å². The lowest BCUT2D eigenvalue weighted by molar-refractivity contribution is 0.102. The van der Waals surface area contributed by atoms with E-state index in [9.17, 15) is 13.2 Å². The maximum Gasteiger partial charge on any atom is 0.255 e. The second-order valence-corrected chi connectivity index (χ2v) is 8.99. The second-order valence-electron chi connectivity index (χ2n) is 6.43. The molecule has 0 aliphatic heterocycles. The molecule has 0 aliphatic carbocycles. The van der Waals surface area contributed by atoms with Crippen LogP contribution < -0.4 is 15.2 Å². The highest BCUT2D eigenvalue weighted by atomic mass is 32.2. The molecule has 0 bridgehead atoms. The van der Waals surface area contributed by atoms with E-state index in [2.05, 4.69) is 10.3 Å². The molecule has 0 spiro atoms. The van der Waals surface area contributed by atoms with E-state index in [0.29, 0.717) is 5.69 Å². The molecule has 9 heteroatoms. The van der Waals surface area contributed by atoms with Gasteiger partial charge in [-0.2, -0.15) is 0 Å². The van der Waals surface area contributed by atoms with E-state index < -0.39 is 15.9 Å². The van der Waals surface area contributed by atoms with Crippen molar-refractivity contribution in [3.63, 3.8) is 0 Å². The standard InChI is InChI=1S/C21H17N3O4S2/c1-28-17-11-8-14(12-19(17)30(22,26)27)20(25)23-15-9-6-13(7-10-15)21-24-16-4-2-3-5-18(16)29-21/h2-12H,1H3,(H,23,25)(H2,22,26,27). The number of anilines is 1. The van der Waals surface area contributed by atoms with Gasteiger partial charge in [-0.3, -0.25) is 4.79 Å². The van der Waals surface area contributed by atoms with Crippen molar-refractivity contribution in [3.05, 3.63) is 72.3 Å². The van der Waals surface area contributed by atoms with Gasteiger partial charge in [-0.25, -0.2) is 18.5 Å². The number of rotatable bonds is 5. The molecule has 0 saturated heterocycles. The fourth-order valence-corrected chi connectivity index (χ4v) is 4.63. The largest absolute Gasteiger partial charge is 0.495 e. The fraction of sp³-hybridized carbons (Fsp3) is 0.0476. The Morgan fingerprint density at radius 2 is 1.80 bits per heavy atom. The average molecular weight is 440 g/mol. The van der Waals surface area contributed by atoms with Crippen LogP contribution >= 0.6 is 11.3 Å². The summed E-state index contributed by atoms with van der Waals surface area (Å²) in [6.07, 6.45) is 0. The van der Waals surface area contributed by atoms with Crippen molar-refractivity contribution in [2.24, 2.45) is 5.14 Å². The number of thiazole rings is 1. The van der Waals surface area contributed by atoms with Gasteiger partial charge in [0.25, 0.3) is 5.91 Å². The molecular formula is C21H17N3O4S2. The average Bonchev–Trinajstić information content (AvgIpc) is 3.17. The van der Waals surface area contributed by atoms with E-state index in [4.69, 9.17) is 9.88 Å². The Morgan fingerprint density at radius 1 is 1.07 bits per heavy atom. The molecule has 0 atom stereocenters. The zero-order valence-electron chi connectivity index (χ0n) is 15.8. The van der Waals surface area contributed by atoms with Crippen LogP contribution in [-0.4, -0.2) is 26.4 Å². The molecule has 1 amide bonds. The summed E-state index contributed by atoms with van der Waals surface area (Å²) < 4.78 is 29.6. The van der Waals surface area contributed by atoms with Crippen molar-refractivity contribution in [1.82, 2.24) is 4.98 Å². The number of carbonyl (C=O) groups is 1. The minimum atomic E-state index is -4.03. The number of aromatic nitrogens is 1. The van der Waals surface area contributed by atoms with Crippen molar-refractivity contribution < 1.29 is 17.9 Å². The Kier molecular flexibility index (Phi) is 5.25.